The van der Waals surface area contributed by atoms with Crippen LogP contribution in [0.5, 0.6) is 5.75 Å². The van der Waals surface area contributed by atoms with Crippen molar-refractivity contribution in [2.24, 2.45) is 0 Å². The third-order valence-electron chi connectivity index (χ3n) is 4.58. The number of hydrogen-bond acceptors (Lipinski definition) is 2. The fourth-order valence-corrected chi connectivity index (χ4v) is 3.34. The lowest BCUT2D eigenvalue weighted by molar-refractivity contribution is -0.954. The molecule has 0 radical (unpaired) electrons. The van der Waals surface area contributed by atoms with Gasteiger partial charge in [0.25, 0.3) is 0 Å². The SMILES string of the molecule is Cc1cc(OC[C@H](O)C[NH+]2[C@H](C)CCC[C@H]2C)ccc1Cl. The number of aliphatic hydroxyl groups excluding tert-OH is 1. The van der Waals surface area contributed by atoms with Gasteiger partial charge in [0.05, 0.1) is 12.1 Å². The van der Waals surface area contributed by atoms with Crippen LogP contribution in [0.4, 0.5) is 0 Å². The largest absolute Gasteiger partial charge is 0.491 e. The summed E-state index contributed by atoms with van der Waals surface area (Å²) in [6, 6.07) is 6.84. The van der Waals surface area contributed by atoms with Gasteiger partial charge in [0.1, 0.15) is 25.0 Å². The van der Waals surface area contributed by atoms with Gasteiger partial charge >= 0.3 is 0 Å². The number of ether oxygens (including phenoxy) is 1. The quantitative estimate of drug-likeness (QED) is 0.874. The summed E-state index contributed by atoms with van der Waals surface area (Å²) in [5, 5.41) is 11.0. The van der Waals surface area contributed by atoms with E-state index >= 15 is 0 Å². The van der Waals surface area contributed by atoms with Crippen molar-refractivity contribution in [2.45, 2.75) is 58.2 Å². The monoisotopic (exact) mass is 312 g/mol. The van der Waals surface area contributed by atoms with Gasteiger partial charge in [-0.2, -0.15) is 0 Å². The highest BCUT2D eigenvalue weighted by molar-refractivity contribution is 6.31. The molecule has 1 fully saturated rings. The summed E-state index contributed by atoms with van der Waals surface area (Å²) in [5.41, 5.74) is 0.993. The van der Waals surface area contributed by atoms with Crippen LogP contribution >= 0.6 is 11.6 Å². The van der Waals surface area contributed by atoms with Crippen molar-refractivity contribution in [3.63, 3.8) is 0 Å². The molecule has 2 rings (SSSR count). The van der Waals surface area contributed by atoms with Crippen molar-refractivity contribution in [3.05, 3.63) is 28.8 Å². The first-order chi connectivity index (χ1) is 9.97. The van der Waals surface area contributed by atoms with E-state index in [4.69, 9.17) is 16.3 Å². The predicted octanol–water partition coefficient (Wildman–Crippen LogP) is 2.23. The van der Waals surface area contributed by atoms with E-state index in [-0.39, 0.29) is 0 Å². The predicted molar refractivity (Wildman–Crippen MR) is 86.3 cm³/mol. The van der Waals surface area contributed by atoms with Crippen LogP contribution in [-0.4, -0.2) is 36.4 Å². The molecular formula is C17H27ClNO2+. The van der Waals surface area contributed by atoms with Crippen molar-refractivity contribution in [1.82, 2.24) is 0 Å². The first-order valence-corrected chi connectivity index (χ1v) is 8.27. The minimum absolute atomic E-state index is 0.337. The molecule has 3 atom stereocenters. The minimum Gasteiger partial charge on any atom is -0.491 e. The molecule has 0 saturated carbocycles. The lowest BCUT2D eigenvalue weighted by atomic mass is 9.97. The van der Waals surface area contributed by atoms with Crippen LogP contribution in [0.2, 0.25) is 5.02 Å². The van der Waals surface area contributed by atoms with Crippen LogP contribution in [0.15, 0.2) is 18.2 Å². The molecule has 0 aliphatic carbocycles. The second kappa shape index (κ2) is 7.48. The van der Waals surface area contributed by atoms with Crippen LogP contribution in [0.25, 0.3) is 0 Å². The lowest BCUT2D eigenvalue weighted by Gasteiger charge is -2.36. The summed E-state index contributed by atoms with van der Waals surface area (Å²) in [6.45, 7) is 7.61. The van der Waals surface area contributed by atoms with E-state index in [0.717, 1.165) is 22.9 Å². The fraction of sp³-hybridized carbons (Fsp3) is 0.647. The minimum atomic E-state index is -0.431. The smallest absolute Gasteiger partial charge is 0.137 e. The van der Waals surface area contributed by atoms with Gasteiger partial charge in [-0.3, -0.25) is 0 Å². The molecule has 3 nitrogen and oxygen atoms in total. The molecule has 1 aliphatic heterocycles. The summed E-state index contributed by atoms with van der Waals surface area (Å²) in [7, 11) is 0. The zero-order chi connectivity index (χ0) is 15.4. The molecule has 0 aromatic heterocycles. The molecule has 0 spiro atoms. The summed E-state index contributed by atoms with van der Waals surface area (Å²) in [5.74, 6) is 0.769. The Labute approximate surface area is 132 Å². The molecule has 1 aromatic rings. The maximum atomic E-state index is 10.3. The Morgan fingerprint density at radius 2 is 2.00 bits per heavy atom. The van der Waals surface area contributed by atoms with Gasteiger partial charge in [-0.15, -0.1) is 0 Å². The average molecular weight is 313 g/mol. The Balaban J connectivity index is 1.83. The van der Waals surface area contributed by atoms with Crippen molar-refractivity contribution < 1.29 is 14.7 Å². The molecule has 118 valence electrons. The van der Waals surface area contributed by atoms with Gasteiger partial charge in [-0.05, 0) is 63.8 Å². The van der Waals surface area contributed by atoms with Crippen LogP contribution in [0.1, 0.15) is 38.7 Å². The van der Waals surface area contributed by atoms with Crippen molar-refractivity contribution in [3.8, 4) is 5.75 Å². The Bertz CT molecular complexity index is 456. The van der Waals surface area contributed by atoms with Crippen molar-refractivity contribution >= 4 is 11.6 Å². The molecule has 0 amide bonds. The summed E-state index contributed by atoms with van der Waals surface area (Å²) < 4.78 is 5.69. The molecule has 1 aromatic carbocycles. The van der Waals surface area contributed by atoms with Gasteiger partial charge in [0.2, 0.25) is 0 Å². The lowest BCUT2D eigenvalue weighted by Crippen LogP contribution is -3.20. The van der Waals surface area contributed by atoms with E-state index in [1.807, 2.05) is 25.1 Å². The number of quaternary nitrogens is 1. The Kier molecular flexibility index (Phi) is 5.91. The third kappa shape index (κ3) is 4.60. The van der Waals surface area contributed by atoms with E-state index in [9.17, 15) is 5.11 Å². The number of nitrogens with one attached hydrogen (secondary N) is 1. The number of aliphatic hydroxyl groups is 1. The molecule has 4 heteroatoms. The topological polar surface area (TPSA) is 33.9 Å². The van der Waals surface area contributed by atoms with E-state index < -0.39 is 6.10 Å². The third-order valence-corrected chi connectivity index (χ3v) is 5.01. The van der Waals surface area contributed by atoms with Gasteiger partial charge < -0.3 is 14.7 Å². The fourth-order valence-electron chi connectivity index (χ4n) is 3.22. The number of benzene rings is 1. The maximum absolute atomic E-state index is 10.3. The highest BCUT2D eigenvalue weighted by Crippen LogP contribution is 2.21. The molecule has 21 heavy (non-hydrogen) atoms. The number of piperidine rings is 1. The molecule has 2 N–H and O–H groups in total. The second-order valence-electron chi connectivity index (χ2n) is 6.39. The van der Waals surface area contributed by atoms with E-state index in [2.05, 4.69) is 13.8 Å². The molecular weight excluding hydrogens is 286 g/mol. The van der Waals surface area contributed by atoms with E-state index in [0.29, 0.717) is 18.7 Å². The highest BCUT2D eigenvalue weighted by atomic mass is 35.5. The van der Waals surface area contributed by atoms with Gasteiger partial charge in [0, 0.05) is 5.02 Å². The van der Waals surface area contributed by atoms with E-state index in [1.165, 1.54) is 24.2 Å². The van der Waals surface area contributed by atoms with Crippen LogP contribution < -0.4 is 9.64 Å². The number of rotatable bonds is 5. The zero-order valence-electron chi connectivity index (χ0n) is 13.2. The molecule has 1 heterocycles. The molecule has 1 saturated heterocycles. The van der Waals surface area contributed by atoms with Crippen molar-refractivity contribution in [2.75, 3.05) is 13.2 Å². The molecule has 0 bridgehead atoms. The van der Waals surface area contributed by atoms with Gasteiger partial charge in [-0.25, -0.2) is 0 Å². The molecule has 1 aliphatic rings. The first-order valence-electron chi connectivity index (χ1n) is 7.90. The van der Waals surface area contributed by atoms with Crippen LogP contribution in [-0.2, 0) is 0 Å². The van der Waals surface area contributed by atoms with Gasteiger partial charge in [-0.1, -0.05) is 11.6 Å². The number of aryl methyl sites for hydroxylation is 1. The normalized spacial score (nSPS) is 24.8. The average Bonchev–Trinajstić information content (AvgIpc) is 2.44. The highest BCUT2D eigenvalue weighted by Gasteiger charge is 2.30. The standard InChI is InChI=1S/C17H26ClNO2/c1-12-9-16(7-8-17(12)18)21-11-15(20)10-19-13(2)5-4-6-14(19)3/h7-9,13-15,20H,4-6,10-11H2,1-3H3/p+1/t13-,14-,15-/m1/s1. The summed E-state index contributed by atoms with van der Waals surface area (Å²) in [6.07, 6.45) is 3.38. The Morgan fingerprint density at radius 1 is 1.33 bits per heavy atom. The Hall–Kier alpha value is -0.770. The Morgan fingerprint density at radius 3 is 2.62 bits per heavy atom. The maximum Gasteiger partial charge on any atom is 0.137 e. The van der Waals surface area contributed by atoms with E-state index in [1.54, 1.807) is 0 Å². The second-order valence-corrected chi connectivity index (χ2v) is 6.80. The van der Waals surface area contributed by atoms with Crippen LogP contribution in [0, 0.1) is 6.92 Å². The first kappa shape index (κ1) is 16.6. The number of likely N-dealkylation sites (tertiary alicyclic amines) is 1. The number of halogens is 1. The summed E-state index contributed by atoms with van der Waals surface area (Å²) >= 11 is 6.00. The number of hydrogen-bond donors (Lipinski definition) is 2. The van der Waals surface area contributed by atoms with Gasteiger partial charge in [0.15, 0.2) is 0 Å². The van der Waals surface area contributed by atoms with Crippen LogP contribution in [0.3, 0.4) is 0 Å². The molecule has 0 unspecified atom stereocenters. The summed E-state index contributed by atoms with van der Waals surface area (Å²) in [4.78, 5) is 1.50. The zero-order valence-corrected chi connectivity index (χ0v) is 14.0. The van der Waals surface area contributed by atoms with Crippen molar-refractivity contribution in [1.29, 1.82) is 0 Å².